The van der Waals surface area contributed by atoms with Crippen molar-refractivity contribution in [3.8, 4) is 0 Å². The lowest BCUT2D eigenvalue weighted by Crippen LogP contribution is -2.04. The lowest BCUT2D eigenvalue weighted by molar-refractivity contribution is -0.136. The van der Waals surface area contributed by atoms with Crippen LogP contribution in [0.1, 0.15) is 28.8 Å². The maximum absolute atomic E-state index is 13.2. The molecule has 2 heterocycles. The first kappa shape index (κ1) is 22.7. The second-order valence-corrected chi connectivity index (χ2v) is 7.36. The Morgan fingerprint density at radius 2 is 2.00 bits per heavy atom. The number of hydrogen-bond acceptors (Lipinski definition) is 7. The van der Waals surface area contributed by atoms with Crippen molar-refractivity contribution < 1.29 is 32.2 Å². The van der Waals surface area contributed by atoms with Gasteiger partial charge in [0.25, 0.3) is 0 Å². The number of imidazole rings is 1. The van der Waals surface area contributed by atoms with E-state index in [4.69, 9.17) is 14.3 Å². The molecule has 33 heavy (non-hydrogen) atoms. The summed E-state index contributed by atoms with van der Waals surface area (Å²) in [5.41, 5.74) is 0.549. The minimum absolute atomic E-state index is 0.0618. The minimum Gasteiger partial charge on any atom is -0.423 e. The highest BCUT2D eigenvalue weighted by Gasteiger charge is 2.34. The molecule has 0 atom stereocenters. The number of rotatable bonds is 9. The summed E-state index contributed by atoms with van der Waals surface area (Å²) in [6.07, 6.45) is -3.75. The van der Waals surface area contributed by atoms with E-state index in [0.29, 0.717) is 42.0 Å². The number of para-hydroxylation sites is 1. The summed E-state index contributed by atoms with van der Waals surface area (Å²) in [5.74, 6) is 0.232. The number of halogens is 3. The number of anilines is 2. The van der Waals surface area contributed by atoms with Gasteiger partial charge < -0.3 is 18.8 Å². The number of aromatic nitrogens is 3. The summed E-state index contributed by atoms with van der Waals surface area (Å²) in [4.78, 5) is 21.0. The zero-order valence-electron chi connectivity index (χ0n) is 17.6. The largest absolute Gasteiger partial charge is 0.423 e. The molecule has 0 aliphatic carbocycles. The Morgan fingerprint density at radius 3 is 2.76 bits per heavy atom. The van der Waals surface area contributed by atoms with Gasteiger partial charge in [-0.05, 0) is 36.8 Å². The first-order valence-corrected chi connectivity index (χ1v) is 10.2. The highest BCUT2D eigenvalue weighted by Crippen LogP contribution is 2.36. The Balaban J connectivity index is 1.54. The smallest absolute Gasteiger partial charge is 0.420 e. The van der Waals surface area contributed by atoms with Crippen LogP contribution in [0.25, 0.3) is 22.1 Å². The highest BCUT2D eigenvalue weighted by atomic mass is 19.4. The van der Waals surface area contributed by atoms with Crippen molar-refractivity contribution in [2.24, 2.45) is 7.05 Å². The molecule has 0 spiro atoms. The van der Waals surface area contributed by atoms with Crippen LogP contribution in [0, 0.1) is 0 Å². The number of carbonyl (C=O) groups excluding carboxylic acids is 1. The van der Waals surface area contributed by atoms with Crippen molar-refractivity contribution in [3.63, 3.8) is 0 Å². The monoisotopic (exact) mass is 462 g/mol. The van der Waals surface area contributed by atoms with Gasteiger partial charge in [0.05, 0.1) is 24.2 Å². The Kier molecular flexibility index (Phi) is 6.34. The molecule has 0 amide bonds. The van der Waals surface area contributed by atoms with Crippen molar-refractivity contribution in [1.82, 2.24) is 14.5 Å². The van der Waals surface area contributed by atoms with Crippen LogP contribution in [0.4, 0.5) is 25.1 Å². The van der Waals surface area contributed by atoms with Crippen molar-refractivity contribution in [3.05, 3.63) is 47.5 Å². The fraction of sp³-hybridized carbons (Fsp3) is 0.318. The third-order valence-electron chi connectivity index (χ3n) is 5.07. The van der Waals surface area contributed by atoms with Gasteiger partial charge in [-0.3, -0.25) is 10.1 Å². The van der Waals surface area contributed by atoms with E-state index in [1.807, 2.05) is 0 Å². The second kappa shape index (κ2) is 9.20. The van der Waals surface area contributed by atoms with E-state index in [0.717, 1.165) is 6.07 Å². The van der Waals surface area contributed by atoms with Gasteiger partial charge in [-0.2, -0.15) is 18.2 Å². The van der Waals surface area contributed by atoms with Crippen molar-refractivity contribution in [2.45, 2.75) is 19.0 Å². The summed E-state index contributed by atoms with van der Waals surface area (Å²) < 4.78 is 51.9. The highest BCUT2D eigenvalue weighted by molar-refractivity contribution is 5.99. The van der Waals surface area contributed by atoms with Gasteiger partial charge in [-0.1, -0.05) is 6.07 Å². The maximum Gasteiger partial charge on any atom is 0.420 e. The Labute approximate surface area is 186 Å². The third kappa shape index (κ3) is 4.83. The van der Waals surface area contributed by atoms with E-state index in [9.17, 15) is 18.0 Å². The molecule has 0 unspecified atom stereocenters. The first-order valence-electron chi connectivity index (χ1n) is 10.2. The van der Waals surface area contributed by atoms with Gasteiger partial charge >= 0.3 is 12.2 Å². The lowest BCUT2D eigenvalue weighted by atomic mass is 10.1. The Hall–Kier alpha value is -3.44. The van der Waals surface area contributed by atoms with Crippen LogP contribution < -0.4 is 5.32 Å². The predicted octanol–water partition coefficient (Wildman–Crippen LogP) is 4.45. The number of nitrogens with one attached hydrogen (secondary N) is 1. The van der Waals surface area contributed by atoms with Gasteiger partial charge in [-0.15, -0.1) is 0 Å². The lowest BCUT2D eigenvalue weighted by Gasteiger charge is -2.05. The zero-order valence-corrected chi connectivity index (χ0v) is 17.6. The fourth-order valence-corrected chi connectivity index (χ4v) is 3.45. The normalized spacial score (nSPS) is 12.0. The number of benzene rings is 2. The van der Waals surface area contributed by atoms with Gasteiger partial charge in [0, 0.05) is 25.6 Å². The standard InChI is InChI=1S/C22H21F3N4O4/c1-29-17-8-7-13(18(31)6-3-10-32-11-9-30)12-16(17)26-20(29)28-21-27-15-5-2-4-14(19(15)33-21)22(23,24)25/h2,4-5,7-8,12,30H,3,6,9-11H2,1H3,(H,26,27,28). The van der Waals surface area contributed by atoms with Gasteiger partial charge in [0.2, 0.25) is 5.95 Å². The molecule has 4 rings (SSSR count). The molecule has 0 fully saturated rings. The van der Waals surface area contributed by atoms with Crippen molar-refractivity contribution >= 4 is 39.9 Å². The summed E-state index contributed by atoms with van der Waals surface area (Å²) in [6.45, 7) is 0.557. The summed E-state index contributed by atoms with van der Waals surface area (Å²) >= 11 is 0. The average Bonchev–Trinajstić information content (AvgIpc) is 3.32. The van der Waals surface area contributed by atoms with Gasteiger partial charge in [0.1, 0.15) is 11.1 Å². The SMILES string of the molecule is Cn1c(Nc2nc3cccc(C(F)(F)F)c3o2)nc2cc(C(=O)CCCOCCO)ccc21. The molecule has 2 aromatic heterocycles. The first-order chi connectivity index (χ1) is 15.8. The second-order valence-electron chi connectivity index (χ2n) is 7.36. The summed E-state index contributed by atoms with van der Waals surface area (Å²) in [6, 6.07) is 8.61. The van der Waals surface area contributed by atoms with Gasteiger partial charge in [0.15, 0.2) is 11.4 Å². The molecule has 0 radical (unpaired) electrons. The topological polar surface area (TPSA) is 102 Å². The quantitative estimate of drug-likeness (QED) is 0.280. The molecule has 0 aliphatic rings. The maximum atomic E-state index is 13.2. The molecule has 0 saturated carbocycles. The van der Waals surface area contributed by atoms with Crippen LogP contribution in [0.5, 0.6) is 0 Å². The van der Waals surface area contributed by atoms with E-state index < -0.39 is 11.7 Å². The average molecular weight is 462 g/mol. The molecule has 0 saturated heterocycles. The zero-order chi connectivity index (χ0) is 23.6. The number of hydrogen-bond donors (Lipinski definition) is 2. The molecule has 2 aromatic carbocycles. The number of aliphatic hydroxyl groups excluding tert-OH is 1. The van der Waals surface area contributed by atoms with Crippen LogP contribution in [-0.4, -0.2) is 45.2 Å². The number of aryl methyl sites for hydroxylation is 1. The van der Waals surface area contributed by atoms with Crippen molar-refractivity contribution in [1.29, 1.82) is 0 Å². The molecule has 8 nitrogen and oxygen atoms in total. The number of ether oxygens (including phenoxy) is 1. The van der Waals surface area contributed by atoms with E-state index in [1.165, 1.54) is 12.1 Å². The number of ketones is 1. The molecule has 174 valence electrons. The fourth-order valence-electron chi connectivity index (χ4n) is 3.45. The molecule has 0 bridgehead atoms. The molecule has 4 aromatic rings. The number of carbonyl (C=O) groups is 1. The van der Waals surface area contributed by atoms with E-state index in [2.05, 4.69) is 15.3 Å². The van der Waals surface area contributed by atoms with Gasteiger partial charge in [-0.25, -0.2) is 4.98 Å². The van der Waals surface area contributed by atoms with Crippen LogP contribution in [0.15, 0.2) is 40.8 Å². The van der Waals surface area contributed by atoms with Crippen LogP contribution in [0.3, 0.4) is 0 Å². The van der Waals surface area contributed by atoms with Crippen LogP contribution in [0.2, 0.25) is 0 Å². The molecule has 0 aliphatic heterocycles. The van der Waals surface area contributed by atoms with Crippen LogP contribution >= 0.6 is 0 Å². The predicted molar refractivity (Wildman–Crippen MR) is 114 cm³/mol. The molecule has 11 heteroatoms. The number of aliphatic hydroxyl groups is 1. The Bertz CT molecular complexity index is 1300. The number of fused-ring (bicyclic) bond motifs is 2. The Morgan fingerprint density at radius 1 is 1.18 bits per heavy atom. The van der Waals surface area contributed by atoms with E-state index in [-0.39, 0.29) is 36.1 Å². The summed E-state index contributed by atoms with van der Waals surface area (Å²) in [5, 5.41) is 11.5. The van der Waals surface area contributed by atoms with E-state index in [1.54, 1.807) is 29.8 Å². The molecular weight excluding hydrogens is 441 g/mol. The van der Waals surface area contributed by atoms with Crippen LogP contribution in [-0.2, 0) is 18.0 Å². The van der Waals surface area contributed by atoms with E-state index >= 15 is 0 Å². The number of alkyl halides is 3. The number of nitrogens with zero attached hydrogens (tertiary/aromatic N) is 3. The molecule has 2 N–H and O–H groups in total. The minimum atomic E-state index is -4.57. The third-order valence-corrected chi connectivity index (χ3v) is 5.07. The number of oxazole rings is 1. The molecular formula is C22H21F3N4O4. The summed E-state index contributed by atoms with van der Waals surface area (Å²) in [7, 11) is 1.72. The number of Topliss-reactive ketones (excluding diaryl/α,β-unsaturated/α-hetero) is 1. The van der Waals surface area contributed by atoms with Crippen molar-refractivity contribution in [2.75, 3.05) is 25.1 Å².